The SMILES string of the molecule is CCOCCOCCOCCOCCNc1cc(C(=O)C(C)C)ccn1. The number of rotatable bonds is 16. The molecule has 0 unspecified atom stereocenters. The summed E-state index contributed by atoms with van der Waals surface area (Å²) in [6, 6.07) is 3.51. The fourth-order valence-corrected chi connectivity index (χ4v) is 2.07. The van der Waals surface area contributed by atoms with Gasteiger partial charge in [0, 0.05) is 30.8 Å². The Balaban J connectivity index is 1.99. The first kappa shape index (κ1) is 22.5. The second-order valence-electron chi connectivity index (χ2n) is 5.91. The van der Waals surface area contributed by atoms with E-state index in [1.54, 1.807) is 18.3 Å². The highest BCUT2D eigenvalue weighted by Crippen LogP contribution is 2.11. The summed E-state index contributed by atoms with van der Waals surface area (Å²) in [6.45, 7) is 11.0. The number of hydrogen-bond acceptors (Lipinski definition) is 7. The molecule has 0 atom stereocenters. The van der Waals surface area contributed by atoms with Gasteiger partial charge in [-0.2, -0.15) is 0 Å². The Morgan fingerprint density at radius 3 is 2.15 bits per heavy atom. The number of carbonyl (C=O) groups is 1. The third-order valence-electron chi connectivity index (χ3n) is 3.44. The molecule has 1 aromatic heterocycles. The average Bonchev–Trinajstić information content (AvgIpc) is 2.65. The Hall–Kier alpha value is -1.54. The van der Waals surface area contributed by atoms with E-state index in [1.807, 2.05) is 20.8 Å². The molecule has 148 valence electrons. The molecule has 0 saturated heterocycles. The number of nitrogens with zero attached hydrogens (tertiary/aromatic N) is 1. The van der Waals surface area contributed by atoms with Crippen molar-refractivity contribution >= 4 is 11.6 Å². The molecule has 0 saturated carbocycles. The minimum atomic E-state index is -0.0244. The van der Waals surface area contributed by atoms with Gasteiger partial charge in [0.15, 0.2) is 5.78 Å². The Morgan fingerprint density at radius 1 is 1.00 bits per heavy atom. The predicted molar refractivity (Wildman–Crippen MR) is 101 cm³/mol. The van der Waals surface area contributed by atoms with E-state index in [-0.39, 0.29) is 11.7 Å². The van der Waals surface area contributed by atoms with E-state index in [4.69, 9.17) is 18.9 Å². The van der Waals surface area contributed by atoms with Crippen LogP contribution < -0.4 is 5.32 Å². The summed E-state index contributed by atoms with van der Waals surface area (Å²) in [4.78, 5) is 16.2. The fraction of sp³-hybridized carbons (Fsp3) is 0.684. The molecular formula is C19H32N2O5. The van der Waals surface area contributed by atoms with Crippen molar-refractivity contribution in [1.82, 2.24) is 4.98 Å². The first-order valence-electron chi connectivity index (χ1n) is 9.20. The van der Waals surface area contributed by atoms with Gasteiger partial charge in [-0.25, -0.2) is 4.98 Å². The minimum absolute atomic E-state index is 0.0244. The van der Waals surface area contributed by atoms with E-state index in [9.17, 15) is 4.79 Å². The lowest BCUT2D eigenvalue weighted by atomic mass is 10.0. The van der Waals surface area contributed by atoms with Crippen LogP contribution in [0.4, 0.5) is 5.82 Å². The molecule has 1 rings (SSSR count). The second kappa shape index (κ2) is 14.6. The molecule has 1 aromatic rings. The van der Waals surface area contributed by atoms with Gasteiger partial charge in [0.25, 0.3) is 0 Å². The van der Waals surface area contributed by atoms with Crippen LogP contribution in [0.2, 0.25) is 0 Å². The maximum absolute atomic E-state index is 12.0. The van der Waals surface area contributed by atoms with Gasteiger partial charge in [-0.1, -0.05) is 13.8 Å². The maximum atomic E-state index is 12.0. The fourth-order valence-electron chi connectivity index (χ4n) is 2.07. The average molecular weight is 368 g/mol. The molecule has 0 aliphatic rings. The summed E-state index contributed by atoms with van der Waals surface area (Å²) >= 11 is 0. The summed E-state index contributed by atoms with van der Waals surface area (Å²) in [5, 5.41) is 3.15. The van der Waals surface area contributed by atoms with E-state index in [1.165, 1.54) is 0 Å². The Morgan fingerprint density at radius 2 is 1.58 bits per heavy atom. The molecule has 26 heavy (non-hydrogen) atoms. The van der Waals surface area contributed by atoms with Gasteiger partial charge in [-0.05, 0) is 19.1 Å². The molecule has 0 aromatic carbocycles. The van der Waals surface area contributed by atoms with Gasteiger partial charge in [0.2, 0.25) is 0 Å². The van der Waals surface area contributed by atoms with Crippen molar-refractivity contribution in [3.05, 3.63) is 23.9 Å². The summed E-state index contributed by atoms with van der Waals surface area (Å²) in [5.74, 6) is 0.773. The number of ketones is 1. The van der Waals surface area contributed by atoms with E-state index in [2.05, 4.69) is 10.3 Å². The van der Waals surface area contributed by atoms with Crippen molar-refractivity contribution in [3.63, 3.8) is 0 Å². The molecule has 1 heterocycles. The van der Waals surface area contributed by atoms with Crippen LogP contribution in [0.1, 0.15) is 31.1 Å². The van der Waals surface area contributed by atoms with Crippen molar-refractivity contribution in [2.75, 3.05) is 64.7 Å². The van der Waals surface area contributed by atoms with Crippen molar-refractivity contribution in [2.24, 2.45) is 5.92 Å². The molecule has 0 spiro atoms. The van der Waals surface area contributed by atoms with E-state index < -0.39 is 0 Å². The Bertz CT molecular complexity index is 497. The number of carbonyl (C=O) groups excluding carboxylic acids is 1. The highest BCUT2D eigenvalue weighted by molar-refractivity contribution is 5.97. The topological polar surface area (TPSA) is 78.9 Å². The lowest BCUT2D eigenvalue weighted by molar-refractivity contribution is 0.000609. The van der Waals surface area contributed by atoms with Crippen molar-refractivity contribution in [1.29, 1.82) is 0 Å². The van der Waals surface area contributed by atoms with E-state index in [0.29, 0.717) is 70.8 Å². The first-order valence-corrected chi connectivity index (χ1v) is 9.20. The number of anilines is 1. The zero-order valence-electron chi connectivity index (χ0n) is 16.2. The van der Waals surface area contributed by atoms with Crippen LogP contribution in [0.15, 0.2) is 18.3 Å². The summed E-state index contributed by atoms with van der Waals surface area (Å²) in [5.41, 5.74) is 0.676. The number of hydrogen-bond donors (Lipinski definition) is 1. The largest absolute Gasteiger partial charge is 0.379 e. The molecule has 0 bridgehead atoms. The molecule has 0 aliphatic carbocycles. The molecule has 0 aliphatic heterocycles. The zero-order chi connectivity index (χ0) is 19.0. The van der Waals surface area contributed by atoms with Gasteiger partial charge in [-0.3, -0.25) is 4.79 Å². The smallest absolute Gasteiger partial charge is 0.165 e. The van der Waals surface area contributed by atoms with Gasteiger partial charge in [-0.15, -0.1) is 0 Å². The van der Waals surface area contributed by atoms with Crippen molar-refractivity contribution < 1.29 is 23.7 Å². The van der Waals surface area contributed by atoms with Gasteiger partial charge in [0.05, 0.1) is 46.2 Å². The van der Waals surface area contributed by atoms with Crippen molar-refractivity contribution in [2.45, 2.75) is 20.8 Å². The van der Waals surface area contributed by atoms with Gasteiger partial charge >= 0.3 is 0 Å². The van der Waals surface area contributed by atoms with Gasteiger partial charge in [0.1, 0.15) is 5.82 Å². The molecule has 0 amide bonds. The number of aromatic nitrogens is 1. The molecule has 7 heteroatoms. The Kier molecular flexibility index (Phi) is 12.6. The monoisotopic (exact) mass is 368 g/mol. The van der Waals surface area contributed by atoms with E-state index >= 15 is 0 Å². The number of nitrogens with one attached hydrogen (secondary N) is 1. The number of ether oxygens (including phenoxy) is 4. The molecule has 0 radical (unpaired) electrons. The Labute approximate surface area is 156 Å². The second-order valence-corrected chi connectivity index (χ2v) is 5.91. The summed E-state index contributed by atoms with van der Waals surface area (Å²) in [6.07, 6.45) is 1.64. The third-order valence-corrected chi connectivity index (χ3v) is 3.44. The highest BCUT2D eigenvalue weighted by atomic mass is 16.6. The normalized spacial score (nSPS) is 11.1. The standard InChI is InChI=1S/C19H32N2O5/c1-4-23-9-10-25-13-14-26-12-11-24-8-7-21-18-15-17(5-6-20-18)19(22)16(2)3/h5-6,15-16H,4,7-14H2,1-3H3,(H,20,21). The lowest BCUT2D eigenvalue weighted by Gasteiger charge is -2.09. The van der Waals surface area contributed by atoms with Crippen LogP contribution in [0, 0.1) is 5.92 Å². The zero-order valence-corrected chi connectivity index (χ0v) is 16.2. The first-order chi connectivity index (χ1) is 12.6. The quantitative estimate of drug-likeness (QED) is 0.354. The third kappa shape index (κ3) is 10.5. The van der Waals surface area contributed by atoms with Gasteiger partial charge < -0.3 is 24.3 Å². The van der Waals surface area contributed by atoms with Crippen LogP contribution in [-0.4, -0.2) is 70.2 Å². The predicted octanol–water partition coefficient (Wildman–Crippen LogP) is 2.42. The highest BCUT2D eigenvalue weighted by Gasteiger charge is 2.10. The molecule has 0 fully saturated rings. The maximum Gasteiger partial charge on any atom is 0.165 e. The minimum Gasteiger partial charge on any atom is -0.379 e. The lowest BCUT2D eigenvalue weighted by Crippen LogP contribution is -2.15. The molecular weight excluding hydrogens is 336 g/mol. The number of pyridine rings is 1. The van der Waals surface area contributed by atoms with Crippen LogP contribution in [0.3, 0.4) is 0 Å². The van der Waals surface area contributed by atoms with Crippen LogP contribution >= 0.6 is 0 Å². The van der Waals surface area contributed by atoms with Crippen LogP contribution in [-0.2, 0) is 18.9 Å². The molecule has 7 nitrogen and oxygen atoms in total. The number of Topliss-reactive ketones (excluding diaryl/α,β-unsaturated/α-hetero) is 1. The molecule has 1 N–H and O–H groups in total. The van der Waals surface area contributed by atoms with Crippen molar-refractivity contribution in [3.8, 4) is 0 Å². The summed E-state index contributed by atoms with van der Waals surface area (Å²) < 4.78 is 21.4. The van der Waals surface area contributed by atoms with E-state index in [0.717, 1.165) is 0 Å². The van der Waals surface area contributed by atoms with Crippen LogP contribution in [0.25, 0.3) is 0 Å². The summed E-state index contributed by atoms with van der Waals surface area (Å²) in [7, 11) is 0. The van der Waals surface area contributed by atoms with Crippen LogP contribution in [0.5, 0.6) is 0 Å².